The first-order valence-corrected chi connectivity index (χ1v) is 6.02. The van der Waals surface area contributed by atoms with Gasteiger partial charge in [0.25, 0.3) is 0 Å². The number of nitrogens with one attached hydrogen (secondary N) is 1. The zero-order valence-electron chi connectivity index (χ0n) is 10.4. The lowest BCUT2D eigenvalue weighted by Crippen LogP contribution is -2.30. The van der Waals surface area contributed by atoms with E-state index < -0.39 is 0 Å². The fourth-order valence-electron chi connectivity index (χ4n) is 2.03. The van der Waals surface area contributed by atoms with Crippen molar-refractivity contribution in [1.82, 2.24) is 10.3 Å². The number of ether oxygens (including phenoxy) is 1. The Morgan fingerprint density at radius 1 is 1.56 bits per heavy atom. The Morgan fingerprint density at radius 3 is 3.00 bits per heavy atom. The Bertz CT molecular complexity index is 494. The van der Waals surface area contributed by atoms with Crippen LogP contribution in [0, 0.1) is 11.3 Å². The van der Waals surface area contributed by atoms with Crippen LogP contribution >= 0.6 is 0 Å². The summed E-state index contributed by atoms with van der Waals surface area (Å²) in [5.41, 5.74) is 13.0. The van der Waals surface area contributed by atoms with Crippen LogP contribution in [0.15, 0.2) is 0 Å². The summed E-state index contributed by atoms with van der Waals surface area (Å²) in [5.74, 6) is 0.600. The Labute approximate surface area is 106 Å². The molecule has 0 saturated heterocycles. The van der Waals surface area contributed by atoms with Crippen LogP contribution < -0.4 is 21.5 Å². The molecule has 2 heterocycles. The highest BCUT2D eigenvalue weighted by molar-refractivity contribution is 5.71. The minimum absolute atomic E-state index is 0.00897. The number of nitrogens with zero attached hydrogens (tertiary/aromatic N) is 2. The predicted molar refractivity (Wildman–Crippen MR) is 69.1 cm³/mol. The maximum absolute atomic E-state index is 8.97. The van der Waals surface area contributed by atoms with Crippen molar-refractivity contribution in [2.45, 2.75) is 25.9 Å². The Hall–Kier alpha value is -2.00. The molecule has 18 heavy (non-hydrogen) atoms. The fourth-order valence-corrected chi connectivity index (χ4v) is 2.03. The van der Waals surface area contributed by atoms with Crippen molar-refractivity contribution in [2.75, 3.05) is 24.6 Å². The van der Waals surface area contributed by atoms with Gasteiger partial charge in [-0.3, -0.25) is 0 Å². The number of anilines is 2. The molecule has 1 aliphatic heterocycles. The summed E-state index contributed by atoms with van der Waals surface area (Å²) in [6.45, 7) is 3.80. The SMILES string of the molecule is CCCNCC1Cc2c(nc(N)c(C#N)c2N)O1. The molecule has 0 bridgehead atoms. The van der Waals surface area contributed by atoms with Crippen LogP contribution in [0.2, 0.25) is 0 Å². The number of hydrogen-bond donors (Lipinski definition) is 3. The second kappa shape index (κ2) is 5.10. The molecule has 0 radical (unpaired) electrons. The third kappa shape index (κ3) is 2.17. The molecule has 6 nitrogen and oxygen atoms in total. The smallest absolute Gasteiger partial charge is 0.221 e. The van der Waals surface area contributed by atoms with E-state index in [4.69, 9.17) is 21.5 Å². The predicted octanol–water partition coefficient (Wildman–Crippen LogP) is 0.421. The van der Waals surface area contributed by atoms with Gasteiger partial charge in [-0.2, -0.15) is 10.2 Å². The average Bonchev–Trinajstić information content (AvgIpc) is 2.73. The molecular formula is C12H17N5O. The Kier molecular flexibility index (Phi) is 3.53. The van der Waals surface area contributed by atoms with Gasteiger partial charge in [0, 0.05) is 18.5 Å². The van der Waals surface area contributed by atoms with Crippen molar-refractivity contribution in [3.8, 4) is 11.9 Å². The topological polar surface area (TPSA) is 110 Å². The summed E-state index contributed by atoms with van der Waals surface area (Å²) in [4.78, 5) is 4.09. The number of nitrogen functional groups attached to an aromatic ring is 2. The molecule has 5 N–H and O–H groups in total. The van der Waals surface area contributed by atoms with Crippen LogP contribution in [0.1, 0.15) is 24.5 Å². The van der Waals surface area contributed by atoms with Gasteiger partial charge in [0.1, 0.15) is 23.6 Å². The highest BCUT2D eigenvalue weighted by Crippen LogP contribution is 2.35. The monoisotopic (exact) mass is 247 g/mol. The normalized spacial score (nSPS) is 17.0. The van der Waals surface area contributed by atoms with E-state index in [1.54, 1.807) is 0 Å². The van der Waals surface area contributed by atoms with Gasteiger partial charge >= 0.3 is 0 Å². The van der Waals surface area contributed by atoms with Gasteiger partial charge in [0.15, 0.2) is 0 Å². The number of aromatic nitrogens is 1. The zero-order chi connectivity index (χ0) is 13.1. The first-order valence-electron chi connectivity index (χ1n) is 6.02. The Morgan fingerprint density at radius 2 is 2.33 bits per heavy atom. The van der Waals surface area contributed by atoms with Crippen LogP contribution in [-0.4, -0.2) is 24.2 Å². The van der Waals surface area contributed by atoms with Gasteiger partial charge in [0.2, 0.25) is 5.88 Å². The number of nitriles is 1. The molecule has 2 rings (SSSR count). The fraction of sp³-hybridized carbons (Fsp3) is 0.500. The maximum Gasteiger partial charge on any atom is 0.221 e. The molecule has 96 valence electrons. The van der Waals surface area contributed by atoms with Crippen molar-refractivity contribution in [2.24, 2.45) is 0 Å². The summed E-state index contributed by atoms with van der Waals surface area (Å²) in [5, 5.41) is 12.3. The van der Waals surface area contributed by atoms with E-state index in [0.29, 0.717) is 18.0 Å². The van der Waals surface area contributed by atoms with Crippen LogP contribution in [0.5, 0.6) is 5.88 Å². The number of pyridine rings is 1. The second-order valence-corrected chi connectivity index (χ2v) is 4.33. The molecule has 0 saturated carbocycles. The van der Waals surface area contributed by atoms with E-state index in [-0.39, 0.29) is 17.5 Å². The summed E-state index contributed by atoms with van der Waals surface area (Å²) < 4.78 is 5.67. The molecule has 6 heteroatoms. The van der Waals surface area contributed by atoms with Gasteiger partial charge in [-0.15, -0.1) is 0 Å². The van der Waals surface area contributed by atoms with E-state index in [9.17, 15) is 0 Å². The van der Waals surface area contributed by atoms with Gasteiger partial charge in [-0.25, -0.2) is 0 Å². The molecule has 1 atom stereocenters. The first-order chi connectivity index (χ1) is 8.67. The second-order valence-electron chi connectivity index (χ2n) is 4.33. The average molecular weight is 247 g/mol. The third-order valence-electron chi connectivity index (χ3n) is 2.95. The molecule has 0 aliphatic carbocycles. The molecule has 1 aliphatic rings. The third-order valence-corrected chi connectivity index (χ3v) is 2.95. The molecule has 1 unspecified atom stereocenters. The van der Waals surface area contributed by atoms with Crippen molar-refractivity contribution in [1.29, 1.82) is 5.26 Å². The standard InChI is InChI=1S/C12H17N5O/c1-2-3-16-6-7-4-8-10(14)9(5-13)11(15)17-12(8)18-7/h7,16H,2-4,6H2,1H3,(H4,14,15,17). The molecule has 0 amide bonds. The van der Waals surface area contributed by atoms with Crippen LogP contribution in [-0.2, 0) is 6.42 Å². The van der Waals surface area contributed by atoms with Crippen LogP contribution in [0.4, 0.5) is 11.5 Å². The van der Waals surface area contributed by atoms with Crippen molar-refractivity contribution in [3.63, 3.8) is 0 Å². The number of nitrogens with two attached hydrogens (primary N) is 2. The van der Waals surface area contributed by atoms with Gasteiger partial charge < -0.3 is 21.5 Å². The quantitative estimate of drug-likeness (QED) is 0.665. The van der Waals surface area contributed by atoms with Gasteiger partial charge in [-0.1, -0.05) is 6.92 Å². The minimum atomic E-state index is 0.00897. The number of rotatable bonds is 4. The maximum atomic E-state index is 8.97. The lowest BCUT2D eigenvalue weighted by molar-refractivity contribution is 0.221. The Balaban J connectivity index is 2.15. The highest BCUT2D eigenvalue weighted by atomic mass is 16.5. The van der Waals surface area contributed by atoms with Gasteiger partial charge in [-0.05, 0) is 13.0 Å². The highest BCUT2D eigenvalue weighted by Gasteiger charge is 2.28. The summed E-state index contributed by atoms with van der Waals surface area (Å²) >= 11 is 0. The lowest BCUT2D eigenvalue weighted by Gasteiger charge is -2.10. The first kappa shape index (κ1) is 12.5. The number of hydrogen-bond acceptors (Lipinski definition) is 6. The number of fused-ring (bicyclic) bond motifs is 1. The van der Waals surface area contributed by atoms with Crippen LogP contribution in [0.3, 0.4) is 0 Å². The summed E-state index contributed by atoms with van der Waals surface area (Å²) in [6, 6.07) is 1.98. The van der Waals surface area contributed by atoms with Crippen molar-refractivity contribution < 1.29 is 4.74 Å². The van der Waals surface area contributed by atoms with E-state index in [0.717, 1.165) is 25.1 Å². The van der Waals surface area contributed by atoms with Crippen molar-refractivity contribution >= 4 is 11.5 Å². The zero-order valence-corrected chi connectivity index (χ0v) is 10.4. The van der Waals surface area contributed by atoms with Gasteiger partial charge in [0.05, 0.1) is 5.69 Å². The van der Waals surface area contributed by atoms with E-state index in [1.165, 1.54) is 0 Å². The lowest BCUT2D eigenvalue weighted by atomic mass is 10.1. The molecule has 1 aromatic heterocycles. The molecule has 0 aromatic carbocycles. The molecular weight excluding hydrogens is 230 g/mol. The van der Waals surface area contributed by atoms with Crippen LogP contribution in [0.25, 0.3) is 0 Å². The van der Waals surface area contributed by atoms with E-state index >= 15 is 0 Å². The van der Waals surface area contributed by atoms with E-state index in [2.05, 4.69) is 17.2 Å². The largest absolute Gasteiger partial charge is 0.472 e. The molecule has 1 aromatic rings. The minimum Gasteiger partial charge on any atom is -0.472 e. The summed E-state index contributed by atoms with van der Waals surface area (Å²) in [7, 11) is 0. The van der Waals surface area contributed by atoms with Crippen molar-refractivity contribution in [3.05, 3.63) is 11.1 Å². The molecule has 0 spiro atoms. The summed E-state index contributed by atoms with van der Waals surface area (Å²) in [6.07, 6.45) is 1.75. The molecule has 0 fully saturated rings. The van der Waals surface area contributed by atoms with E-state index in [1.807, 2.05) is 6.07 Å².